The number of hydrogen-bond donors (Lipinski definition) is 1. The molecule has 0 amide bonds. The monoisotopic (exact) mass is 185 g/mol. The molecule has 2 aromatic rings. The van der Waals surface area contributed by atoms with Gasteiger partial charge in [0.2, 0.25) is 0 Å². The van der Waals surface area contributed by atoms with E-state index in [1.807, 2.05) is 18.3 Å². The molecule has 0 unspecified atom stereocenters. The molecule has 14 heavy (non-hydrogen) atoms. The lowest BCUT2D eigenvalue weighted by Gasteiger charge is -2.15. The lowest BCUT2D eigenvalue weighted by molar-refractivity contribution is 0.0973. The first-order valence-corrected chi connectivity index (χ1v) is 4.98. The number of ketones is 1. The number of carbonyl (C=O) groups is 1. The number of fused-ring (bicyclic) bond motifs is 3. The number of hydrogen-bond acceptors (Lipinski definition) is 1. The molecule has 70 valence electrons. The summed E-state index contributed by atoms with van der Waals surface area (Å²) in [5.74, 6) is 0.300. The predicted octanol–water partition coefficient (Wildman–Crippen LogP) is 2.69. The SMILES string of the molecule is O=C1CCCc2c1ccc1[nH]ccc21. The molecule has 0 radical (unpaired) electrons. The third kappa shape index (κ3) is 0.939. The fraction of sp³-hybridized carbons (Fsp3) is 0.250. The topological polar surface area (TPSA) is 32.9 Å². The second-order valence-electron chi connectivity index (χ2n) is 3.81. The summed E-state index contributed by atoms with van der Waals surface area (Å²) < 4.78 is 0. The minimum absolute atomic E-state index is 0.300. The fourth-order valence-corrected chi connectivity index (χ4v) is 2.29. The van der Waals surface area contributed by atoms with E-state index in [2.05, 4.69) is 11.1 Å². The summed E-state index contributed by atoms with van der Waals surface area (Å²) in [4.78, 5) is 14.8. The average molecular weight is 185 g/mol. The Kier molecular flexibility index (Phi) is 1.51. The lowest BCUT2D eigenvalue weighted by Crippen LogP contribution is -2.10. The summed E-state index contributed by atoms with van der Waals surface area (Å²) in [5, 5.41) is 1.22. The van der Waals surface area contributed by atoms with Gasteiger partial charge in [-0.2, -0.15) is 0 Å². The van der Waals surface area contributed by atoms with E-state index in [0.29, 0.717) is 12.2 Å². The minimum atomic E-state index is 0.300. The van der Waals surface area contributed by atoms with Gasteiger partial charge in [-0.25, -0.2) is 0 Å². The summed E-state index contributed by atoms with van der Waals surface area (Å²) in [6, 6.07) is 6.01. The first kappa shape index (κ1) is 7.80. The normalized spacial score (nSPS) is 15.9. The molecule has 1 N–H and O–H groups in total. The molecular weight excluding hydrogens is 174 g/mol. The Morgan fingerprint density at radius 2 is 2.07 bits per heavy atom. The number of carbonyl (C=O) groups excluding carboxylic acids is 1. The van der Waals surface area contributed by atoms with Crippen LogP contribution < -0.4 is 0 Å². The Hall–Kier alpha value is -1.57. The second kappa shape index (κ2) is 2.71. The van der Waals surface area contributed by atoms with Crippen molar-refractivity contribution in [3.05, 3.63) is 35.5 Å². The zero-order valence-electron chi connectivity index (χ0n) is 7.84. The molecule has 0 saturated carbocycles. The number of aryl methyl sites for hydroxylation is 1. The average Bonchev–Trinajstić information content (AvgIpc) is 2.66. The van der Waals surface area contributed by atoms with Crippen molar-refractivity contribution in [2.24, 2.45) is 0 Å². The van der Waals surface area contributed by atoms with Crippen molar-refractivity contribution in [1.82, 2.24) is 4.98 Å². The van der Waals surface area contributed by atoms with Crippen LogP contribution in [0.15, 0.2) is 24.4 Å². The van der Waals surface area contributed by atoms with Gasteiger partial charge in [0.05, 0.1) is 0 Å². The molecule has 2 heteroatoms. The highest BCUT2D eigenvalue weighted by Crippen LogP contribution is 2.28. The fourth-order valence-electron chi connectivity index (χ4n) is 2.29. The largest absolute Gasteiger partial charge is 0.361 e. The number of aromatic nitrogens is 1. The van der Waals surface area contributed by atoms with E-state index in [1.54, 1.807) is 0 Å². The van der Waals surface area contributed by atoms with E-state index in [9.17, 15) is 4.79 Å². The number of benzene rings is 1. The third-order valence-electron chi connectivity index (χ3n) is 2.98. The molecule has 0 atom stereocenters. The maximum Gasteiger partial charge on any atom is 0.163 e. The van der Waals surface area contributed by atoms with Gasteiger partial charge in [0.1, 0.15) is 0 Å². The van der Waals surface area contributed by atoms with Crippen LogP contribution in [0, 0.1) is 0 Å². The third-order valence-corrected chi connectivity index (χ3v) is 2.98. The van der Waals surface area contributed by atoms with E-state index in [0.717, 1.165) is 23.9 Å². The van der Waals surface area contributed by atoms with Crippen molar-refractivity contribution in [2.45, 2.75) is 19.3 Å². The summed E-state index contributed by atoms with van der Waals surface area (Å²) in [5.41, 5.74) is 3.31. The van der Waals surface area contributed by atoms with Gasteiger partial charge < -0.3 is 4.98 Å². The Morgan fingerprint density at radius 1 is 1.14 bits per heavy atom. The molecule has 0 bridgehead atoms. The van der Waals surface area contributed by atoms with E-state index in [-0.39, 0.29) is 0 Å². The molecule has 2 nitrogen and oxygen atoms in total. The summed E-state index contributed by atoms with van der Waals surface area (Å²) in [6.07, 6.45) is 4.68. The van der Waals surface area contributed by atoms with E-state index < -0.39 is 0 Å². The smallest absolute Gasteiger partial charge is 0.163 e. The maximum atomic E-state index is 11.6. The zero-order chi connectivity index (χ0) is 9.54. The molecule has 3 rings (SSSR count). The predicted molar refractivity (Wildman–Crippen MR) is 55.6 cm³/mol. The van der Waals surface area contributed by atoms with Crippen LogP contribution in [-0.4, -0.2) is 10.8 Å². The number of rotatable bonds is 0. The van der Waals surface area contributed by atoms with Crippen molar-refractivity contribution in [3.63, 3.8) is 0 Å². The van der Waals surface area contributed by atoms with Gasteiger partial charge in [-0.3, -0.25) is 4.79 Å². The van der Waals surface area contributed by atoms with Crippen LogP contribution in [0.2, 0.25) is 0 Å². The molecule has 0 saturated heterocycles. The van der Waals surface area contributed by atoms with Crippen LogP contribution in [0.4, 0.5) is 0 Å². The number of H-pyrrole nitrogens is 1. The van der Waals surface area contributed by atoms with Gasteiger partial charge in [0.25, 0.3) is 0 Å². The Balaban J connectivity index is 2.38. The van der Waals surface area contributed by atoms with Crippen LogP contribution in [0.1, 0.15) is 28.8 Å². The van der Waals surface area contributed by atoms with Crippen LogP contribution in [0.25, 0.3) is 10.9 Å². The van der Waals surface area contributed by atoms with Gasteiger partial charge in [-0.15, -0.1) is 0 Å². The van der Waals surface area contributed by atoms with Gasteiger partial charge in [-0.1, -0.05) is 0 Å². The van der Waals surface area contributed by atoms with Crippen LogP contribution in [-0.2, 0) is 6.42 Å². The van der Waals surface area contributed by atoms with Crippen LogP contribution in [0.3, 0.4) is 0 Å². The van der Waals surface area contributed by atoms with E-state index in [4.69, 9.17) is 0 Å². The molecule has 0 spiro atoms. The van der Waals surface area contributed by atoms with E-state index >= 15 is 0 Å². The van der Waals surface area contributed by atoms with Gasteiger partial charge in [0, 0.05) is 29.1 Å². The van der Waals surface area contributed by atoms with Crippen molar-refractivity contribution in [3.8, 4) is 0 Å². The molecule has 1 aliphatic rings. The molecule has 0 aliphatic heterocycles. The first-order valence-electron chi connectivity index (χ1n) is 4.98. The highest BCUT2D eigenvalue weighted by atomic mass is 16.1. The van der Waals surface area contributed by atoms with Crippen LogP contribution in [0.5, 0.6) is 0 Å². The van der Waals surface area contributed by atoms with Crippen molar-refractivity contribution in [2.75, 3.05) is 0 Å². The molecule has 1 aromatic carbocycles. The van der Waals surface area contributed by atoms with Crippen LogP contribution >= 0.6 is 0 Å². The van der Waals surface area contributed by atoms with Gasteiger partial charge >= 0.3 is 0 Å². The van der Waals surface area contributed by atoms with Crippen molar-refractivity contribution < 1.29 is 4.79 Å². The Labute approximate surface area is 81.9 Å². The molecule has 1 aromatic heterocycles. The minimum Gasteiger partial charge on any atom is -0.361 e. The van der Waals surface area contributed by atoms with Gasteiger partial charge in [0.15, 0.2) is 5.78 Å². The maximum absolute atomic E-state index is 11.6. The molecule has 0 fully saturated rings. The molecule has 1 aliphatic carbocycles. The van der Waals surface area contributed by atoms with E-state index in [1.165, 1.54) is 10.9 Å². The summed E-state index contributed by atoms with van der Waals surface area (Å²) in [7, 11) is 0. The first-order chi connectivity index (χ1) is 6.86. The van der Waals surface area contributed by atoms with Crippen molar-refractivity contribution in [1.29, 1.82) is 0 Å². The highest BCUT2D eigenvalue weighted by molar-refractivity contribution is 6.03. The second-order valence-corrected chi connectivity index (χ2v) is 3.81. The number of nitrogens with one attached hydrogen (secondary N) is 1. The highest BCUT2D eigenvalue weighted by Gasteiger charge is 2.18. The summed E-state index contributed by atoms with van der Waals surface area (Å²) >= 11 is 0. The Bertz CT molecular complexity index is 510. The van der Waals surface area contributed by atoms with Gasteiger partial charge in [-0.05, 0) is 36.6 Å². The quantitative estimate of drug-likeness (QED) is 0.672. The number of aromatic amines is 1. The molecular formula is C12H11NO. The zero-order valence-corrected chi connectivity index (χ0v) is 7.84. The van der Waals surface area contributed by atoms with Crippen molar-refractivity contribution >= 4 is 16.7 Å². The lowest BCUT2D eigenvalue weighted by atomic mass is 9.88. The standard InChI is InChI=1S/C12H11NO/c14-12-3-1-2-8-9-6-7-13-11(9)5-4-10(8)12/h4-7,13H,1-3H2. The Morgan fingerprint density at radius 3 is 3.00 bits per heavy atom. The molecule has 1 heterocycles. The summed E-state index contributed by atoms with van der Waals surface area (Å²) in [6.45, 7) is 0. The number of Topliss-reactive ketones (excluding diaryl/α,β-unsaturated/α-hetero) is 1.